The number of carbonyl (C=O) groups excluding carboxylic acids is 2. The Hall–Kier alpha value is -2.02. The topological polar surface area (TPSA) is 92.7 Å². The zero-order valence-electron chi connectivity index (χ0n) is 11.7. The predicted molar refractivity (Wildman–Crippen MR) is 78.2 cm³/mol. The van der Waals surface area contributed by atoms with Crippen molar-refractivity contribution < 1.29 is 9.59 Å². The van der Waals surface area contributed by atoms with Crippen molar-refractivity contribution in [2.24, 2.45) is 11.5 Å². The van der Waals surface area contributed by atoms with Crippen molar-refractivity contribution in [3.63, 3.8) is 0 Å². The lowest BCUT2D eigenvalue weighted by Crippen LogP contribution is -2.41. The van der Waals surface area contributed by atoms with E-state index in [2.05, 4.69) is 11.8 Å². The van der Waals surface area contributed by atoms with Gasteiger partial charge in [0.05, 0.1) is 0 Å². The molecular formula is C14H22N4O2. The van der Waals surface area contributed by atoms with Gasteiger partial charge in [-0.1, -0.05) is 0 Å². The largest absolute Gasteiger partial charge is 0.330 e. The number of nitrogens with two attached hydrogens (primary N) is 2. The minimum atomic E-state index is -0.412. The second-order valence-corrected chi connectivity index (χ2v) is 4.16. The Balaban J connectivity index is 4.53. The minimum Gasteiger partial charge on any atom is -0.330 e. The molecule has 0 radical (unpaired) electrons. The molecule has 0 aromatic rings. The molecule has 0 fully saturated rings. The first-order chi connectivity index (χ1) is 9.60. The van der Waals surface area contributed by atoms with E-state index in [0.717, 1.165) is 0 Å². The highest BCUT2D eigenvalue weighted by molar-refractivity contribution is 5.93. The number of terminal acetylenes is 2. The molecule has 6 nitrogen and oxygen atoms in total. The number of rotatable bonds is 9. The van der Waals surface area contributed by atoms with Crippen LogP contribution in [0.3, 0.4) is 0 Å². The first kappa shape index (κ1) is 18.0. The Bertz CT molecular complexity index is 357. The first-order valence-electron chi connectivity index (χ1n) is 6.51. The maximum Gasteiger partial charge on any atom is 0.298 e. The predicted octanol–water partition coefficient (Wildman–Crippen LogP) is -1.39. The lowest BCUT2D eigenvalue weighted by Gasteiger charge is -2.25. The summed E-state index contributed by atoms with van der Waals surface area (Å²) < 4.78 is 0. The Kier molecular flexibility index (Phi) is 9.76. The Morgan fingerprint density at radius 1 is 0.800 bits per heavy atom. The van der Waals surface area contributed by atoms with Crippen LogP contribution < -0.4 is 11.5 Å². The van der Waals surface area contributed by atoms with Gasteiger partial charge in [-0.25, -0.2) is 0 Å². The highest BCUT2D eigenvalue weighted by atomic mass is 16.2. The molecule has 0 rings (SSSR count). The molecule has 6 heteroatoms. The van der Waals surface area contributed by atoms with Gasteiger partial charge in [-0.05, 0) is 37.8 Å². The summed E-state index contributed by atoms with van der Waals surface area (Å²) in [5, 5.41) is 0. The van der Waals surface area contributed by atoms with Crippen LogP contribution in [0.2, 0.25) is 0 Å². The minimum absolute atomic E-state index is 0.334. The third-order valence-corrected chi connectivity index (χ3v) is 2.73. The lowest BCUT2D eigenvalue weighted by atomic mass is 10.3. The molecular weight excluding hydrogens is 256 g/mol. The maximum atomic E-state index is 11.6. The number of nitrogens with zero attached hydrogens (tertiary/aromatic N) is 2. The van der Waals surface area contributed by atoms with Crippen LogP contribution >= 0.6 is 0 Å². The van der Waals surface area contributed by atoms with Gasteiger partial charge in [-0.15, -0.1) is 12.8 Å². The first-order valence-corrected chi connectivity index (χ1v) is 6.51. The van der Waals surface area contributed by atoms with Crippen molar-refractivity contribution in [2.75, 3.05) is 39.3 Å². The molecule has 0 aromatic carbocycles. The molecule has 0 aromatic heterocycles. The zero-order valence-corrected chi connectivity index (χ0v) is 11.7. The number of hydrogen-bond acceptors (Lipinski definition) is 4. The van der Waals surface area contributed by atoms with Crippen LogP contribution in [0, 0.1) is 24.7 Å². The highest BCUT2D eigenvalue weighted by Crippen LogP contribution is 1.97. The second-order valence-electron chi connectivity index (χ2n) is 4.16. The fourth-order valence-electron chi connectivity index (χ4n) is 1.62. The van der Waals surface area contributed by atoms with Gasteiger partial charge in [-0.3, -0.25) is 9.59 Å². The monoisotopic (exact) mass is 278 g/mol. The van der Waals surface area contributed by atoms with Crippen LogP contribution in [0.1, 0.15) is 12.8 Å². The van der Waals surface area contributed by atoms with Crippen LogP contribution in [0.15, 0.2) is 0 Å². The van der Waals surface area contributed by atoms with E-state index in [4.69, 9.17) is 24.3 Å². The smallest absolute Gasteiger partial charge is 0.298 e. The maximum absolute atomic E-state index is 11.6. The van der Waals surface area contributed by atoms with Crippen LogP contribution in [0.25, 0.3) is 0 Å². The van der Waals surface area contributed by atoms with E-state index in [1.807, 2.05) is 0 Å². The molecule has 0 unspecified atom stereocenters. The SMILES string of the molecule is C#CC(=O)N(CCCN)CCN(CCCN)C(=O)C#C. The number of amides is 2. The number of carbonyl (C=O) groups is 2. The van der Waals surface area contributed by atoms with E-state index >= 15 is 0 Å². The summed E-state index contributed by atoms with van der Waals surface area (Å²) in [5.74, 6) is 3.31. The lowest BCUT2D eigenvalue weighted by molar-refractivity contribution is -0.129. The summed E-state index contributed by atoms with van der Waals surface area (Å²) in [5.41, 5.74) is 10.8. The molecule has 0 bridgehead atoms. The normalized spacial score (nSPS) is 9.40. The molecule has 0 spiro atoms. The van der Waals surface area contributed by atoms with Crippen molar-refractivity contribution >= 4 is 11.8 Å². The summed E-state index contributed by atoms with van der Waals surface area (Å²) in [7, 11) is 0. The van der Waals surface area contributed by atoms with Gasteiger partial charge in [-0.2, -0.15) is 0 Å². The number of hydrogen-bond donors (Lipinski definition) is 2. The van der Waals surface area contributed by atoms with Gasteiger partial charge in [0.1, 0.15) is 0 Å². The fourth-order valence-corrected chi connectivity index (χ4v) is 1.62. The van der Waals surface area contributed by atoms with Gasteiger partial charge in [0.15, 0.2) is 0 Å². The molecule has 0 saturated carbocycles. The molecule has 0 aliphatic rings. The Labute approximate surface area is 120 Å². The van der Waals surface area contributed by atoms with Crippen molar-refractivity contribution in [3.05, 3.63) is 0 Å². The van der Waals surface area contributed by atoms with Gasteiger partial charge < -0.3 is 21.3 Å². The van der Waals surface area contributed by atoms with Crippen molar-refractivity contribution in [3.8, 4) is 24.7 Å². The van der Waals surface area contributed by atoms with Gasteiger partial charge >= 0.3 is 0 Å². The molecule has 0 aliphatic carbocycles. The second kappa shape index (κ2) is 10.9. The summed E-state index contributed by atoms with van der Waals surface area (Å²) in [6, 6.07) is 0. The summed E-state index contributed by atoms with van der Waals surface area (Å²) >= 11 is 0. The summed E-state index contributed by atoms with van der Waals surface area (Å²) in [6.07, 6.45) is 11.5. The summed E-state index contributed by atoms with van der Waals surface area (Å²) in [4.78, 5) is 26.1. The fraction of sp³-hybridized carbons (Fsp3) is 0.571. The average molecular weight is 278 g/mol. The summed E-state index contributed by atoms with van der Waals surface area (Å²) in [6.45, 7) is 2.54. The van der Waals surface area contributed by atoms with Crippen molar-refractivity contribution in [1.82, 2.24) is 9.80 Å². The molecule has 2 amide bonds. The van der Waals surface area contributed by atoms with E-state index < -0.39 is 11.8 Å². The van der Waals surface area contributed by atoms with E-state index in [0.29, 0.717) is 52.1 Å². The molecule has 110 valence electrons. The molecule has 0 aliphatic heterocycles. The van der Waals surface area contributed by atoms with Gasteiger partial charge in [0.25, 0.3) is 11.8 Å². The van der Waals surface area contributed by atoms with Gasteiger partial charge in [0.2, 0.25) is 0 Å². The molecule has 0 heterocycles. The van der Waals surface area contributed by atoms with E-state index in [-0.39, 0.29) is 0 Å². The molecule has 20 heavy (non-hydrogen) atoms. The quantitative estimate of drug-likeness (QED) is 0.508. The van der Waals surface area contributed by atoms with E-state index in [1.54, 1.807) is 0 Å². The van der Waals surface area contributed by atoms with Crippen LogP contribution in [0.5, 0.6) is 0 Å². The van der Waals surface area contributed by atoms with E-state index in [1.165, 1.54) is 9.80 Å². The third kappa shape index (κ3) is 6.79. The molecule has 4 N–H and O–H groups in total. The van der Waals surface area contributed by atoms with Crippen LogP contribution in [0.4, 0.5) is 0 Å². The average Bonchev–Trinajstić information content (AvgIpc) is 2.48. The highest BCUT2D eigenvalue weighted by Gasteiger charge is 2.15. The van der Waals surface area contributed by atoms with Crippen LogP contribution in [-0.4, -0.2) is 60.9 Å². The Morgan fingerprint density at radius 3 is 1.40 bits per heavy atom. The van der Waals surface area contributed by atoms with E-state index in [9.17, 15) is 9.59 Å². The molecule has 0 saturated heterocycles. The van der Waals surface area contributed by atoms with Crippen LogP contribution in [-0.2, 0) is 9.59 Å². The Morgan fingerprint density at radius 2 is 1.15 bits per heavy atom. The van der Waals surface area contributed by atoms with Crippen molar-refractivity contribution in [1.29, 1.82) is 0 Å². The van der Waals surface area contributed by atoms with Crippen molar-refractivity contribution in [2.45, 2.75) is 12.8 Å². The zero-order chi connectivity index (χ0) is 15.4. The molecule has 0 atom stereocenters. The third-order valence-electron chi connectivity index (χ3n) is 2.73. The standard InChI is InChI=1S/C14H22N4O2/c1-3-13(19)17(9-5-7-15)11-12-18(10-6-8-16)14(20)4-2/h1-2H,5-12,15-16H2. The van der Waals surface area contributed by atoms with Gasteiger partial charge in [0, 0.05) is 26.2 Å².